The number of aryl methyl sites for hydroxylation is 2. The van der Waals surface area contributed by atoms with E-state index in [-0.39, 0.29) is 11.5 Å². The Bertz CT molecular complexity index is 1090. The number of benzene rings is 1. The molecule has 2 aliphatic rings. The van der Waals surface area contributed by atoms with Crippen LogP contribution >= 0.6 is 0 Å². The third kappa shape index (κ3) is 4.43. The molecule has 1 N–H and O–H groups in total. The van der Waals surface area contributed by atoms with Crippen molar-refractivity contribution in [1.29, 1.82) is 0 Å². The number of nitrogens with zero attached hydrogens (tertiary/aromatic N) is 3. The molecule has 0 atom stereocenters. The summed E-state index contributed by atoms with van der Waals surface area (Å²) in [5.74, 6) is 1.14. The molecule has 0 aliphatic carbocycles. The smallest absolute Gasteiger partial charge is 0.257 e. The van der Waals surface area contributed by atoms with Gasteiger partial charge in [-0.1, -0.05) is 12.1 Å². The zero-order chi connectivity index (χ0) is 21.9. The largest absolute Gasteiger partial charge is 0.445 e. The maximum Gasteiger partial charge on any atom is 0.257 e. The molecule has 3 aromatic rings. The monoisotopic (exact) mass is 434 g/mol. The van der Waals surface area contributed by atoms with Gasteiger partial charge in [0.2, 0.25) is 0 Å². The molecule has 166 valence electrons. The van der Waals surface area contributed by atoms with Crippen molar-refractivity contribution in [3.8, 4) is 0 Å². The third-order valence-corrected chi connectivity index (χ3v) is 6.44. The zero-order valence-corrected chi connectivity index (χ0v) is 18.0. The number of carbonyl (C=O) groups is 1. The fourth-order valence-corrected chi connectivity index (χ4v) is 4.62. The van der Waals surface area contributed by atoms with Gasteiger partial charge < -0.3 is 14.6 Å². The average Bonchev–Trinajstić information content (AvgIpc) is 3.26. The molecule has 2 aromatic heterocycles. The summed E-state index contributed by atoms with van der Waals surface area (Å²) in [4.78, 5) is 23.6. The number of halogens is 1. The molecule has 32 heavy (non-hydrogen) atoms. The number of pyridine rings is 1. The van der Waals surface area contributed by atoms with Crippen LogP contribution in [0, 0.1) is 5.82 Å². The summed E-state index contributed by atoms with van der Waals surface area (Å²) < 4.78 is 20.5. The molecule has 1 saturated heterocycles. The maximum absolute atomic E-state index is 14.6. The lowest BCUT2D eigenvalue weighted by molar-refractivity contribution is 0.0723. The molecule has 0 spiro atoms. The van der Waals surface area contributed by atoms with E-state index in [1.807, 2.05) is 24.4 Å². The molecule has 0 bridgehead atoms. The highest BCUT2D eigenvalue weighted by Gasteiger charge is 2.28. The number of carbonyl (C=O) groups excluding carboxylic acids is 1. The first kappa shape index (κ1) is 20.8. The van der Waals surface area contributed by atoms with Crippen molar-refractivity contribution >= 4 is 5.91 Å². The molecule has 1 fully saturated rings. The van der Waals surface area contributed by atoms with Crippen molar-refractivity contribution in [3.05, 3.63) is 82.6 Å². The molecular formula is C25H27FN4O2. The van der Waals surface area contributed by atoms with E-state index in [1.54, 1.807) is 17.2 Å². The van der Waals surface area contributed by atoms with Crippen LogP contribution in [-0.2, 0) is 25.8 Å². The summed E-state index contributed by atoms with van der Waals surface area (Å²) in [6.45, 7) is 2.76. The number of oxazole rings is 1. The minimum absolute atomic E-state index is 0.157. The van der Waals surface area contributed by atoms with E-state index < -0.39 is 5.82 Å². The van der Waals surface area contributed by atoms with Gasteiger partial charge in [-0.05, 0) is 67.6 Å². The number of piperidine rings is 1. The quantitative estimate of drug-likeness (QED) is 0.664. The summed E-state index contributed by atoms with van der Waals surface area (Å²) >= 11 is 0. The van der Waals surface area contributed by atoms with Crippen LogP contribution in [0.25, 0.3) is 0 Å². The fraction of sp³-hybridized carbons (Fsp3) is 0.400. The molecule has 4 heterocycles. The first-order valence-corrected chi connectivity index (χ1v) is 11.3. The van der Waals surface area contributed by atoms with Crippen LogP contribution in [0.3, 0.4) is 0 Å². The zero-order valence-electron chi connectivity index (χ0n) is 18.0. The summed E-state index contributed by atoms with van der Waals surface area (Å²) in [5.41, 5.74) is 3.11. The fourth-order valence-electron chi connectivity index (χ4n) is 4.62. The summed E-state index contributed by atoms with van der Waals surface area (Å²) in [5, 5.41) is 3.35. The van der Waals surface area contributed by atoms with E-state index in [2.05, 4.69) is 15.3 Å². The van der Waals surface area contributed by atoms with Crippen LogP contribution in [0.4, 0.5) is 4.39 Å². The molecule has 0 radical (unpaired) electrons. The Hall–Kier alpha value is -3.06. The number of rotatable bonds is 5. The molecule has 2 aliphatic heterocycles. The number of nitrogens with one attached hydrogen (secondary N) is 1. The number of hydrogen-bond donors (Lipinski definition) is 1. The number of amides is 1. The first-order valence-electron chi connectivity index (χ1n) is 11.3. The summed E-state index contributed by atoms with van der Waals surface area (Å²) in [7, 11) is 0. The lowest BCUT2D eigenvalue weighted by Crippen LogP contribution is -2.36. The maximum atomic E-state index is 14.6. The summed E-state index contributed by atoms with van der Waals surface area (Å²) in [6.07, 6.45) is 7.68. The topological polar surface area (TPSA) is 71.3 Å². The molecule has 7 heteroatoms. The van der Waals surface area contributed by atoms with Gasteiger partial charge in [-0.15, -0.1) is 0 Å². The number of aromatic nitrogens is 2. The highest BCUT2D eigenvalue weighted by atomic mass is 19.1. The number of hydrogen-bond acceptors (Lipinski definition) is 5. The highest BCUT2D eigenvalue weighted by molar-refractivity contribution is 5.94. The van der Waals surface area contributed by atoms with Gasteiger partial charge in [0.05, 0.1) is 12.1 Å². The predicted octanol–water partition coefficient (Wildman–Crippen LogP) is 3.66. The van der Waals surface area contributed by atoms with Crippen molar-refractivity contribution in [2.75, 3.05) is 19.6 Å². The Balaban J connectivity index is 1.28. The molecule has 5 rings (SSSR count). The van der Waals surface area contributed by atoms with Gasteiger partial charge >= 0.3 is 0 Å². The second-order valence-corrected chi connectivity index (χ2v) is 8.58. The van der Waals surface area contributed by atoms with Gasteiger partial charge in [0, 0.05) is 31.8 Å². The van der Waals surface area contributed by atoms with Gasteiger partial charge in [-0.25, -0.2) is 9.37 Å². The van der Waals surface area contributed by atoms with Crippen LogP contribution < -0.4 is 5.32 Å². The third-order valence-electron chi connectivity index (χ3n) is 6.44. The molecular weight excluding hydrogens is 407 g/mol. The molecule has 1 aromatic carbocycles. The van der Waals surface area contributed by atoms with Gasteiger partial charge in [0.15, 0.2) is 5.89 Å². The van der Waals surface area contributed by atoms with Crippen LogP contribution in [0.1, 0.15) is 57.6 Å². The Kier molecular flexibility index (Phi) is 5.99. The van der Waals surface area contributed by atoms with E-state index in [0.717, 1.165) is 54.9 Å². The SMILES string of the molecule is O=C(c1cc(C2CCNCC2)ccc1F)N1CCc2oc(CCc3cccnc3)nc2C1. The van der Waals surface area contributed by atoms with Gasteiger partial charge in [0.25, 0.3) is 5.91 Å². The first-order chi connectivity index (χ1) is 15.7. The van der Waals surface area contributed by atoms with Crippen LogP contribution in [0.15, 0.2) is 47.1 Å². The minimum Gasteiger partial charge on any atom is -0.445 e. The number of fused-ring (bicyclic) bond motifs is 1. The average molecular weight is 435 g/mol. The van der Waals surface area contributed by atoms with E-state index in [1.165, 1.54) is 6.07 Å². The van der Waals surface area contributed by atoms with Crippen molar-refractivity contribution in [3.63, 3.8) is 0 Å². The lowest BCUT2D eigenvalue weighted by Gasteiger charge is -2.27. The van der Waals surface area contributed by atoms with Crippen molar-refractivity contribution in [2.24, 2.45) is 0 Å². The lowest BCUT2D eigenvalue weighted by atomic mass is 9.89. The molecule has 1 amide bonds. The second kappa shape index (κ2) is 9.20. The van der Waals surface area contributed by atoms with Crippen LogP contribution in [-0.4, -0.2) is 40.4 Å². The van der Waals surface area contributed by atoms with Crippen molar-refractivity contribution in [1.82, 2.24) is 20.2 Å². The minimum atomic E-state index is -0.462. The standard InChI is InChI=1S/C25H27FN4O2/c26-21-5-4-19(18-7-11-27-12-8-18)14-20(21)25(31)30-13-9-23-22(16-30)29-24(32-23)6-3-17-2-1-10-28-15-17/h1-2,4-5,10,14-15,18,27H,3,6-9,11-13,16H2. The van der Waals surface area contributed by atoms with E-state index in [0.29, 0.717) is 37.7 Å². The van der Waals surface area contributed by atoms with Gasteiger partial charge in [0.1, 0.15) is 17.3 Å². The van der Waals surface area contributed by atoms with E-state index >= 15 is 0 Å². The summed E-state index contributed by atoms with van der Waals surface area (Å²) in [6, 6.07) is 8.96. The highest BCUT2D eigenvalue weighted by Crippen LogP contribution is 2.28. The van der Waals surface area contributed by atoms with Crippen LogP contribution in [0.5, 0.6) is 0 Å². The van der Waals surface area contributed by atoms with Gasteiger partial charge in [-0.2, -0.15) is 0 Å². The van der Waals surface area contributed by atoms with Crippen molar-refractivity contribution in [2.45, 2.75) is 44.6 Å². The molecule has 0 unspecified atom stereocenters. The molecule has 6 nitrogen and oxygen atoms in total. The Labute approximate surface area is 186 Å². The Morgan fingerprint density at radius 2 is 2.09 bits per heavy atom. The van der Waals surface area contributed by atoms with Crippen molar-refractivity contribution < 1.29 is 13.6 Å². The van der Waals surface area contributed by atoms with E-state index in [9.17, 15) is 9.18 Å². The molecule has 0 saturated carbocycles. The van der Waals surface area contributed by atoms with E-state index in [4.69, 9.17) is 4.42 Å². The van der Waals surface area contributed by atoms with Crippen LogP contribution in [0.2, 0.25) is 0 Å². The second-order valence-electron chi connectivity index (χ2n) is 8.58. The predicted molar refractivity (Wildman–Crippen MR) is 118 cm³/mol. The van der Waals surface area contributed by atoms with Gasteiger partial charge in [-0.3, -0.25) is 9.78 Å². The Morgan fingerprint density at radius 3 is 2.91 bits per heavy atom. The Morgan fingerprint density at radius 1 is 1.22 bits per heavy atom. The normalized spacial score (nSPS) is 16.7.